The predicted octanol–water partition coefficient (Wildman–Crippen LogP) is 7.06. The Hall–Kier alpha value is -1.57. The highest BCUT2D eigenvalue weighted by Crippen LogP contribution is 2.48. The second kappa shape index (κ2) is 9.29. The van der Waals surface area contributed by atoms with Crippen molar-refractivity contribution in [3.63, 3.8) is 0 Å². The standard InChI is InChI=1S/C26H35FO/c1-2-3-14-28-26-11-10-24-17-23(8-9-25(24)18-26)22-7-6-20-15-19(12-13-27)4-5-21(20)16-22/h2-3,10-13,18-23H,4-9,14-17H2,1H3/t19-,20?,21+,22?,23?/m0/s1. The lowest BCUT2D eigenvalue weighted by Gasteiger charge is -2.44. The van der Waals surface area contributed by atoms with Crippen molar-refractivity contribution in [2.24, 2.45) is 29.6 Å². The minimum absolute atomic E-state index is 0.494. The maximum absolute atomic E-state index is 12.5. The molecule has 2 fully saturated rings. The van der Waals surface area contributed by atoms with Gasteiger partial charge in [-0.1, -0.05) is 24.3 Å². The van der Waals surface area contributed by atoms with Crippen molar-refractivity contribution < 1.29 is 9.13 Å². The summed E-state index contributed by atoms with van der Waals surface area (Å²) >= 11 is 0. The van der Waals surface area contributed by atoms with Gasteiger partial charge < -0.3 is 4.74 Å². The molecule has 0 N–H and O–H groups in total. The Morgan fingerprint density at radius 2 is 1.75 bits per heavy atom. The fourth-order valence-electron chi connectivity index (χ4n) is 6.16. The summed E-state index contributed by atoms with van der Waals surface area (Å²) in [4.78, 5) is 0. The van der Waals surface area contributed by atoms with E-state index < -0.39 is 0 Å². The molecule has 1 aromatic rings. The molecule has 5 atom stereocenters. The van der Waals surface area contributed by atoms with E-state index in [-0.39, 0.29) is 0 Å². The lowest BCUT2D eigenvalue weighted by Crippen LogP contribution is -2.34. The Labute approximate surface area is 170 Å². The molecule has 0 amide bonds. The van der Waals surface area contributed by atoms with Crippen molar-refractivity contribution in [1.82, 2.24) is 0 Å². The van der Waals surface area contributed by atoms with Gasteiger partial charge in [-0.25, -0.2) is 4.39 Å². The topological polar surface area (TPSA) is 9.23 Å². The quantitative estimate of drug-likeness (QED) is 0.495. The van der Waals surface area contributed by atoms with Crippen LogP contribution in [0.3, 0.4) is 0 Å². The van der Waals surface area contributed by atoms with Crippen LogP contribution >= 0.6 is 0 Å². The number of ether oxygens (including phenoxy) is 1. The zero-order chi connectivity index (χ0) is 19.3. The van der Waals surface area contributed by atoms with E-state index in [0.29, 0.717) is 12.5 Å². The number of fused-ring (bicyclic) bond motifs is 2. The summed E-state index contributed by atoms with van der Waals surface area (Å²) in [5, 5.41) is 0. The van der Waals surface area contributed by atoms with E-state index in [0.717, 1.165) is 35.8 Å². The minimum Gasteiger partial charge on any atom is -0.490 e. The van der Waals surface area contributed by atoms with Crippen molar-refractivity contribution in [3.8, 4) is 5.75 Å². The van der Waals surface area contributed by atoms with Crippen LogP contribution in [0.15, 0.2) is 42.8 Å². The van der Waals surface area contributed by atoms with Crippen molar-refractivity contribution in [3.05, 3.63) is 53.9 Å². The fraction of sp³-hybridized carbons (Fsp3) is 0.615. The molecule has 1 nitrogen and oxygen atoms in total. The van der Waals surface area contributed by atoms with Crippen molar-refractivity contribution in [1.29, 1.82) is 0 Å². The van der Waals surface area contributed by atoms with Gasteiger partial charge in [-0.15, -0.1) is 0 Å². The number of allylic oxidation sites excluding steroid dienone is 2. The SMILES string of the molecule is CC=CCOc1ccc2c(c1)CCC(C1CCC3C[C@H](C=CF)CC[C@@H]3C1)C2. The van der Waals surface area contributed by atoms with E-state index >= 15 is 0 Å². The van der Waals surface area contributed by atoms with Gasteiger partial charge in [0.05, 0.1) is 6.33 Å². The van der Waals surface area contributed by atoms with Crippen LogP contribution < -0.4 is 4.74 Å². The molecule has 3 aliphatic carbocycles. The zero-order valence-corrected chi connectivity index (χ0v) is 17.3. The van der Waals surface area contributed by atoms with Gasteiger partial charge in [-0.3, -0.25) is 0 Å². The third-order valence-electron chi connectivity index (χ3n) is 7.73. The summed E-state index contributed by atoms with van der Waals surface area (Å²) in [6.07, 6.45) is 18.3. The van der Waals surface area contributed by atoms with Crippen LogP contribution in [0.25, 0.3) is 0 Å². The largest absolute Gasteiger partial charge is 0.490 e. The van der Waals surface area contributed by atoms with Crippen LogP contribution in [0.1, 0.15) is 63.0 Å². The Morgan fingerprint density at radius 1 is 0.964 bits per heavy atom. The van der Waals surface area contributed by atoms with Crippen molar-refractivity contribution in [2.45, 2.75) is 64.7 Å². The molecule has 0 bridgehead atoms. The van der Waals surface area contributed by atoms with Gasteiger partial charge in [0.25, 0.3) is 0 Å². The normalized spacial score (nSPS) is 33.0. The van der Waals surface area contributed by atoms with Crippen LogP contribution in [0.5, 0.6) is 5.75 Å². The predicted molar refractivity (Wildman–Crippen MR) is 114 cm³/mol. The van der Waals surface area contributed by atoms with E-state index in [2.05, 4.69) is 18.2 Å². The van der Waals surface area contributed by atoms with E-state index in [9.17, 15) is 4.39 Å². The molecule has 2 saturated carbocycles. The first kappa shape index (κ1) is 19.7. The molecule has 1 aromatic carbocycles. The van der Waals surface area contributed by atoms with Crippen LogP contribution in [0, 0.1) is 29.6 Å². The summed E-state index contributed by atoms with van der Waals surface area (Å²) in [6, 6.07) is 6.74. The van der Waals surface area contributed by atoms with Crippen LogP contribution in [0.4, 0.5) is 4.39 Å². The summed E-state index contributed by atoms with van der Waals surface area (Å²) < 4.78 is 18.4. The maximum atomic E-state index is 12.5. The first-order valence-electron chi connectivity index (χ1n) is 11.4. The van der Waals surface area contributed by atoms with Crippen LogP contribution in [0.2, 0.25) is 0 Å². The van der Waals surface area contributed by atoms with Gasteiger partial charge in [-0.05, 0) is 118 Å². The highest BCUT2D eigenvalue weighted by Gasteiger charge is 2.38. The van der Waals surface area contributed by atoms with Crippen molar-refractivity contribution in [2.75, 3.05) is 6.61 Å². The molecule has 3 unspecified atom stereocenters. The highest BCUT2D eigenvalue weighted by molar-refractivity contribution is 5.37. The number of hydrogen-bond acceptors (Lipinski definition) is 1. The van der Waals surface area contributed by atoms with E-state index in [1.165, 1.54) is 63.4 Å². The molecule has 0 heterocycles. The molecule has 4 rings (SSSR count). The molecular formula is C26H35FO. The number of halogens is 1. The molecule has 0 aromatic heterocycles. The monoisotopic (exact) mass is 382 g/mol. The number of hydrogen-bond donors (Lipinski definition) is 0. The van der Waals surface area contributed by atoms with Gasteiger partial charge in [0, 0.05) is 0 Å². The van der Waals surface area contributed by atoms with Crippen LogP contribution in [-0.4, -0.2) is 6.61 Å². The Kier molecular flexibility index (Phi) is 6.54. The summed E-state index contributed by atoms with van der Waals surface area (Å²) in [5.74, 6) is 4.99. The Morgan fingerprint density at radius 3 is 2.57 bits per heavy atom. The molecule has 3 aliphatic rings. The fourth-order valence-corrected chi connectivity index (χ4v) is 6.16. The summed E-state index contributed by atoms with van der Waals surface area (Å²) in [7, 11) is 0. The highest BCUT2D eigenvalue weighted by atomic mass is 19.1. The van der Waals surface area contributed by atoms with E-state index in [4.69, 9.17) is 4.74 Å². The molecule has 152 valence electrons. The third kappa shape index (κ3) is 4.53. The Balaban J connectivity index is 1.34. The lowest BCUT2D eigenvalue weighted by molar-refractivity contribution is 0.0809. The van der Waals surface area contributed by atoms with Crippen LogP contribution in [-0.2, 0) is 12.8 Å². The first-order valence-corrected chi connectivity index (χ1v) is 11.4. The van der Waals surface area contributed by atoms with Gasteiger partial charge in [0.15, 0.2) is 0 Å². The summed E-state index contributed by atoms with van der Waals surface area (Å²) in [6.45, 7) is 2.68. The third-order valence-corrected chi connectivity index (χ3v) is 7.73. The molecule has 2 heteroatoms. The lowest BCUT2D eigenvalue weighted by atomic mass is 9.61. The minimum atomic E-state index is 0.494. The Bertz CT molecular complexity index is 706. The van der Waals surface area contributed by atoms with E-state index in [1.54, 1.807) is 11.6 Å². The average molecular weight is 383 g/mol. The molecule has 0 radical (unpaired) electrons. The van der Waals surface area contributed by atoms with E-state index in [1.807, 2.05) is 19.1 Å². The average Bonchev–Trinajstić information content (AvgIpc) is 2.73. The zero-order valence-electron chi connectivity index (χ0n) is 17.3. The number of aryl methyl sites for hydroxylation is 1. The van der Waals surface area contributed by atoms with Gasteiger partial charge in [0.2, 0.25) is 0 Å². The molecule has 28 heavy (non-hydrogen) atoms. The molecule has 0 saturated heterocycles. The van der Waals surface area contributed by atoms with Gasteiger partial charge in [-0.2, -0.15) is 0 Å². The van der Waals surface area contributed by atoms with Gasteiger partial charge in [0.1, 0.15) is 12.4 Å². The molecule has 0 aliphatic heterocycles. The van der Waals surface area contributed by atoms with Crippen molar-refractivity contribution >= 4 is 0 Å². The number of rotatable bonds is 5. The molecular weight excluding hydrogens is 347 g/mol. The summed E-state index contributed by atoms with van der Waals surface area (Å²) in [5.41, 5.74) is 3.05. The molecule has 0 spiro atoms. The number of benzene rings is 1. The maximum Gasteiger partial charge on any atom is 0.120 e. The van der Waals surface area contributed by atoms with Gasteiger partial charge >= 0.3 is 0 Å². The second-order valence-electron chi connectivity index (χ2n) is 9.30. The first-order chi connectivity index (χ1) is 13.8. The smallest absolute Gasteiger partial charge is 0.120 e. The second-order valence-corrected chi connectivity index (χ2v) is 9.30.